The van der Waals surface area contributed by atoms with Gasteiger partial charge in [0.15, 0.2) is 0 Å². The monoisotopic (exact) mass is 473 g/mol. The molecule has 3 fully saturated rings. The number of ether oxygens (including phenoxy) is 1. The maximum atomic E-state index is 11.0. The first-order valence-electron chi connectivity index (χ1n) is 12.7. The van der Waals surface area contributed by atoms with Crippen LogP contribution in [0.15, 0.2) is 47.1 Å². The quantitative estimate of drug-likeness (QED) is 0.477. The molecular formula is C28H31N3O4. The van der Waals surface area contributed by atoms with Crippen molar-refractivity contribution in [2.45, 2.75) is 82.6 Å². The molecule has 1 aromatic carbocycles. The number of aliphatic carboxylic acids is 1. The highest BCUT2D eigenvalue weighted by atomic mass is 16.5. The Morgan fingerprint density at radius 1 is 1.11 bits per heavy atom. The lowest BCUT2D eigenvalue weighted by atomic mass is 9.98. The Morgan fingerprint density at radius 2 is 1.89 bits per heavy atom. The Balaban J connectivity index is 1.16. The van der Waals surface area contributed by atoms with Crippen molar-refractivity contribution < 1.29 is 19.2 Å². The van der Waals surface area contributed by atoms with Crippen molar-refractivity contribution in [1.29, 1.82) is 0 Å². The number of rotatable bonds is 8. The number of carbonyl (C=O) groups is 1. The Kier molecular flexibility index (Phi) is 5.80. The third kappa shape index (κ3) is 4.45. The zero-order valence-corrected chi connectivity index (χ0v) is 20.0. The maximum absolute atomic E-state index is 11.0. The van der Waals surface area contributed by atoms with Gasteiger partial charge in [0.2, 0.25) is 0 Å². The maximum Gasteiger partial charge on any atom is 0.307 e. The van der Waals surface area contributed by atoms with E-state index < -0.39 is 5.97 Å². The van der Waals surface area contributed by atoms with E-state index in [0.29, 0.717) is 24.6 Å². The second-order valence-corrected chi connectivity index (χ2v) is 10.3. The van der Waals surface area contributed by atoms with E-state index in [1.165, 1.54) is 5.56 Å². The van der Waals surface area contributed by atoms with Gasteiger partial charge in [-0.2, -0.15) is 0 Å². The molecule has 2 aliphatic heterocycles. The Bertz CT molecular complexity index is 1200. The van der Waals surface area contributed by atoms with Crippen LogP contribution in [0.5, 0.6) is 0 Å². The fraction of sp³-hybridized carbons (Fsp3) is 0.464. The van der Waals surface area contributed by atoms with Gasteiger partial charge in [-0.15, -0.1) is 0 Å². The standard InChI is InChI=1S/C28H31N3O4/c1-17-4-2-3-5-23(17)27-24(28(35-30-27)19-7-8-19)16-34-22-13-20-9-10-21(14-22)31(20)25-11-6-18(15-29-25)12-26(32)33/h2-6,11,15,19-22H,7-10,12-14,16H2,1H3,(H,32,33)/t20-,21?,22-/m0/s1. The number of fused-ring (bicyclic) bond motifs is 2. The lowest BCUT2D eigenvalue weighted by Crippen LogP contribution is -2.46. The summed E-state index contributed by atoms with van der Waals surface area (Å²) in [6, 6.07) is 13.0. The van der Waals surface area contributed by atoms with E-state index in [1.807, 2.05) is 18.2 Å². The summed E-state index contributed by atoms with van der Waals surface area (Å²) >= 11 is 0. The van der Waals surface area contributed by atoms with Crippen molar-refractivity contribution in [2.24, 2.45) is 0 Å². The Morgan fingerprint density at radius 3 is 2.54 bits per heavy atom. The van der Waals surface area contributed by atoms with E-state index in [1.54, 1.807) is 6.20 Å². The SMILES string of the molecule is Cc1ccccc1-c1noc(C2CC2)c1CO[C@@H]1CC2CC[C@@H](C1)N2c1ccc(CC(=O)O)cn1. The van der Waals surface area contributed by atoms with Gasteiger partial charge in [-0.1, -0.05) is 35.5 Å². The molecule has 3 aliphatic rings. The lowest BCUT2D eigenvalue weighted by Gasteiger charge is -2.39. The number of hydrogen-bond donors (Lipinski definition) is 1. The van der Waals surface area contributed by atoms with Crippen LogP contribution in [0.4, 0.5) is 5.82 Å². The zero-order chi connectivity index (χ0) is 23.9. The molecule has 1 saturated carbocycles. The van der Waals surface area contributed by atoms with Gasteiger partial charge < -0.3 is 19.3 Å². The van der Waals surface area contributed by atoms with Crippen LogP contribution in [0.25, 0.3) is 11.3 Å². The average molecular weight is 474 g/mol. The molecule has 2 aromatic heterocycles. The van der Waals surface area contributed by atoms with Gasteiger partial charge in [0, 0.05) is 35.3 Å². The molecule has 6 rings (SSSR count). The van der Waals surface area contributed by atoms with Gasteiger partial charge >= 0.3 is 5.97 Å². The number of carboxylic acid groups (broad SMARTS) is 1. The summed E-state index contributed by atoms with van der Waals surface area (Å²) in [5.41, 5.74) is 5.09. The van der Waals surface area contributed by atoms with Gasteiger partial charge in [0.1, 0.15) is 17.3 Å². The van der Waals surface area contributed by atoms with Gasteiger partial charge in [-0.05, 0) is 62.6 Å². The van der Waals surface area contributed by atoms with Crippen LogP contribution in [-0.2, 0) is 22.6 Å². The molecule has 2 saturated heterocycles. The second kappa shape index (κ2) is 9.11. The van der Waals surface area contributed by atoms with E-state index in [0.717, 1.165) is 72.5 Å². The molecule has 0 spiro atoms. The largest absolute Gasteiger partial charge is 0.481 e. The van der Waals surface area contributed by atoms with Crippen molar-refractivity contribution in [3.8, 4) is 11.3 Å². The molecule has 1 unspecified atom stereocenters. The summed E-state index contributed by atoms with van der Waals surface area (Å²) in [4.78, 5) is 18.0. The molecule has 7 heteroatoms. The summed E-state index contributed by atoms with van der Waals surface area (Å²) in [7, 11) is 0. The summed E-state index contributed by atoms with van der Waals surface area (Å²) in [6.45, 7) is 2.65. The Hall–Kier alpha value is -3.19. The average Bonchev–Trinajstić information content (AvgIpc) is 3.55. The molecule has 1 N–H and O–H groups in total. The van der Waals surface area contributed by atoms with Crippen LogP contribution in [0.1, 0.15) is 66.9 Å². The normalized spacial score (nSPS) is 23.6. The van der Waals surface area contributed by atoms with E-state index in [9.17, 15) is 4.79 Å². The molecule has 7 nitrogen and oxygen atoms in total. The summed E-state index contributed by atoms with van der Waals surface area (Å²) in [6.07, 6.45) is 8.44. The summed E-state index contributed by atoms with van der Waals surface area (Å²) in [5.74, 6) is 1.60. The molecule has 2 bridgehead atoms. The second-order valence-electron chi connectivity index (χ2n) is 10.3. The van der Waals surface area contributed by atoms with Gasteiger partial charge in [-0.3, -0.25) is 4.79 Å². The van der Waals surface area contributed by atoms with Crippen LogP contribution < -0.4 is 4.90 Å². The van der Waals surface area contributed by atoms with Gasteiger partial charge in [0.05, 0.1) is 19.1 Å². The van der Waals surface area contributed by atoms with Crippen molar-refractivity contribution >= 4 is 11.8 Å². The van der Waals surface area contributed by atoms with Crippen molar-refractivity contribution in [3.05, 3.63) is 65.0 Å². The number of carboxylic acids is 1. The molecule has 35 heavy (non-hydrogen) atoms. The van der Waals surface area contributed by atoms with Crippen molar-refractivity contribution in [3.63, 3.8) is 0 Å². The highest BCUT2D eigenvalue weighted by Gasteiger charge is 2.42. The van der Waals surface area contributed by atoms with Crippen molar-refractivity contribution in [2.75, 3.05) is 4.90 Å². The highest BCUT2D eigenvalue weighted by molar-refractivity contribution is 5.70. The predicted octanol–water partition coefficient (Wildman–Crippen LogP) is 5.27. The minimum Gasteiger partial charge on any atom is -0.481 e. The zero-order valence-electron chi connectivity index (χ0n) is 20.0. The summed E-state index contributed by atoms with van der Waals surface area (Å²) in [5, 5.41) is 13.5. The number of pyridine rings is 1. The van der Waals surface area contributed by atoms with Gasteiger partial charge in [0.25, 0.3) is 0 Å². The van der Waals surface area contributed by atoms with Crippen LogP contribution in [0, 0.1) is 6.92 Å². The van der Waals surface area contributed by atoms with Gasteiger partial charge in [-0.25, -0.2) is 4.98 Å². The highest BCUT2D eigenvalue weighted by Crippen LogP contribution is 2.45. The molecule has 3 aromatic rings. The lowest BCUT2D eigenvalue weighted by molar-refractivity contribution is -0.136. The number of aromatic nitrogens is 2. The van der Waals surface area contributed by atoms with Crippen molar-refractivity contribution in [1.82, 2.24) is 10.1 Å². The minimum atomic E-state index is -0.833. The minimum absolute atomic E-state index is 0.00621. The van der Waals surface area contributed by atoms with Crippen LogP contribution in [0.3, 0.4) is 0 Å². The summed E-state index contributed by atoms with van der Waals surface area (Å²) < 4.78 is 12.4. The number of anilines is 1. The molecule has 4 heterocycles. The van der Waals surface area contributed by atoms with E-state index in [2.05, 4.69) is 40.2 Å². The number of benzene rings is 1. The molecule has 182 valence electrons. The molecular weight excluding hydrogens is 442 g/mol. The fourth-order valence-corrected chi connectivity index (χ4v) is 5.87. The number of piperidine rings is 1. The molecule has 0 radical (unpaired) electrons. The molecule has 0 amide bonds. The number of aryl methyl sites for hydroxylation is 1. The molecule has 3 atom stereocenters. The smallest absolute Gasteiger partial charge is 0.307 e. The first kappa shape index (κ1) is 22.3. The van der Waals surface area contributed by atoms with E-state index >= 15 is 0 Å². The van der Waals surface area contributed by atoms with E-state index in [4.69, 9.17) is 14.4 Å². The Labute approximate surface area is 205 Å². The fourth-order valence-electron chi connectivity index (χ4n) is 5.87. The topological polar surface area (TPSA) is 88.7 Å². The third-order valence-electron chi connectivity index (χ3n) is 7.75. The molecule has 1 aliphatic carbocycles. The van der Waals surface area contributed by atoms with E-state index in [-0.39, 0.29) is 12.5 Å². The van der Waals surface area contributed by atoms with Crippen LogP contribution >= 0.6 is 0 Å². The van der Waals surface area contributed by atoms with Crippen LogP contribution in [-0.4, -0.2) is 39.4 Å². The number of nitrogens with zero attached hydrogens (tertiary/aromatic N) is 3. The number of hydrogen-bond acceptors (Lipinski definition) is 6. The third-order valence-corrected chi connectivity index (χ3v) is 7.75. The predicted molar refractivity (Wildman–Crippen MR) is 131 cm³/mol. The first-order chi connectivity index (χ1) is 17.1. The van der Waals surface area contributed by atoms with Crippen LogP contribution in [0.2, 0.25) is 0 Å². The first-order valence-corrected chi connectivity index (χ1v) is 12.7.